The van der Waals surface area contributed by atoms with Crippen molar-refractivity contribution in [3.05, 3.63) is 48.0 Å². The highest BCUT2D eigenvalue weighted by Gasteiger charge is 2.49. The van der Waals surface area contributed by atoms with E-state index in [0.717, 1.165) is 21.2 Å². The molecule has 1 atom stereocenters. The number of ketones is 1. The van der Waals surface area contributed by atoms with Crippen LogP contribution in [0.4, 0.5) is 4.79 Å². The molecule has 1 unspecified atom stereocenters. The number of hydrogen-bond donors (Lipinski definition) is 1. The van der Waals surface area contributed by atoms with Gasteiger partial charge in [-0.2, -0.15) is 0 Å². The molecule has 0 bridgehead atoms. The number of fused-ring (bicyclic) bond motifs is 1. The minimum Gasteiger partial charge on any atom is -0.319 e. The Labute approximate surface area is 134 Å². The number of benzene rings is 2. The smallest absolute Gasteiger partial charge is 0.319 e. The van der Waals surface area contributed by atoms with Crippen molar-refractivity contribution in [2.75, 3.05) is 6.54 Å². The number of hydrogen-bond acceptors (Lipinski definition) is 3. The lowest BCUT2D eigenvalue weighted by atomic mass is 9.88. The number of carbonyl (C=O) groups excluding carboxylic acids is 3. The van der Waals surface area contributed by atoms with E-state index < -0.39 is 11.6 Å². The molecule has 0 radical (unpaired) electrons. The highest BCUT2D eigenvalue weighted by molar-refractivity contribution is 6.10. The van der Waals surface area contributed by atoms with Crippen LogP contribution in [-0.4, -0.2) is 29.2 Å². The molecule has 118 valence electrons. The van der Waals surface area contributed by atoms with E-state index >= 15 is 0 Å². The fourth-order valence-corrected chi connectivity index (χ4v) is 2.97. The Morgan fingerprint density at radius 1 is 1.13 bits per heavy atom. The molecule has 1 aliphatic heterocycles. The predicted octanol–water partition coefficient (Wildman–Crippen LogP) is 2.59. The minimum atomic E-state index is -1.16. The highest BCUT2D eigenvalue weighted by Crippen LogP contribution is 2.33. The summed E-state index contributed by atoms with van der Waals surface area (Å²) >= 11 is 0. The van der Waals surface area contributed by atoms with Gasteiger partial charge in [0.1, 0.15) is 5.54 Å². The molecule has 1 fully saturated rings. The van der Waals surface area contributed by atoms with E-state index in [2.05, 4.69) is 5.32 Å². The van der Waals surface area contributed by atoms with Gasteiger partial charge in [-0.15, -0.1) is 0 Å². The van der Waals surface area contributed by atoms with E-state index in [1.54, 1.807) is 13.8 Å². The first-order valence-corrected chi connectivity index (χ1v) is 7.61. The number of amides is 3. The number of nitrogens with zero attached hydrogens (tertiary/aromatic N) is 1. The molecule has 0 spiro atoms. The van der Waals surface area contributed by atoms with Gasteiger partial charge in [0, 0.05) is 6.42 Å². The van der Waals surface area contributed by atoms with Gasteiger partial charge in [-0.1, -0.05) is 49.4 Å². The van der Waals surface area contributed by atoms with E-state index in [4.69, 9.17) is 0 Å². The zero-order valence-electron chi connectivity index (χ0n) is 13.1. The van der Waals surface area contributed by atoms with Crippen molar-refractivity contribution in [1.29, 1.82) is 0 Å². The fraction of sp³-hybridized carbons (Fsp3) is 0.278. The van der Waals surface area contributed by atoms with Crippen molar-refractivity contribution >= 4 is 28.5 Å². The average Bonchev–Trinajstić information content (AvgIpc) is 2.78. The third-order valence-electron chi connectivity index (χ3n) is 4.33. The normalized spacial score (nSPS) is 20.9. The molecular formula is C18H18N2O3. The number of Topliss-reactive ketones (excluding diaryl/α,β-unsaturated/α-hetero) is 1. The standard InChI is InChI=1S/C18H18N2O3/c1-3-13(21)11-20-16(22)18(2,19-17(20)23)15-10-6-8-12-7-4-5-9-14(12)15/h4-10H,3,11H2,1-2H3,(H,19,23). The van der Waals surface area contributed by atoms with Gasteiger partial charge in [-0.3, -0.25) is 14.5 Å². The number of imide groups is 1. The van der Waals surface area contributed by atoms with Crippen LogP contribution in [0.25, 0.3) is 10.8 Å². The zero-order chi connectivity index (χ0) is 16.6. The van der Waals surface area contributed by atoms with Crippen LogP contribution < -0.4 is 5.32 Å². The molecule has 1 saturated heterocycles. The summed E-state index contributed by atoms with van der Waals surface area (Å²) in [6.45, 7) is 3.22. The highest BCUT2D eigenvalue weighted by atomic mass is 16.2. The van der Waals surface area contributed by atoms with Gasteiger partial charge in [0.25, 0.3) is 5.91 Å². The van der Waals surface area contributed by atoms with Gasteiger partial charge in [0.15, 0.2) is 5.78 Å². The van der Waals surface area contributed by atoms with Gasteiger partial charge < -0.3 is 5.32 Å². The Balaban J connectivity index is 2.06. The maximum atomic E-state index is 12.8. The van der Waals surface area contributed by atoms with Crippen molar-refractivity contribution in [3.8, 4) is 0 Å². The summed E-state index contributed by atoms with van der Waals surface area (Å²) in [5.74, 6) is -0.531. The molecule has 0 aliphatic carbocycles. The number of carbonyl (C=O) groups is 3. The van der Waals surface area contributed by atoms with Crippen LogP contribution in [-0.2, 0) is 15.1 Å². The Hall–Kier alpha value is -2.69. The van der Waals surface area contributed by atoms with Crippen molar-refractivity contribution in [2.24, 2.45) is 0 Å². The Bertz CT molecular complexity index is 810. The molecule has 1 heterocycles. The lowest BCUT2D eigenvalue weighted by molar-refractivity contribution is -0.134. The number of urea groups is 1. The van der Waals surface area contributed by atoms with Crippen LogP contribution in [0.2, 0.25) is 0 Å². The third kappa shape index (κ3) is 2.38. The molecular weight excluding hydrogens is 292 g/mol. The third-order valence-corrected chi connectivity index (χ3v) is 4.33. The molecule has 1 N–H and O–H groups in total. The van der Waals surface area contributed by atoms with Crippen LogP contribution >= 0.6 is 0 Å². The first kappa shape index (κ1) is 15.2. The summed E-state index contributed by atoms with van der Waals surface area (Å²) in [4.78, 5) is 37.7. The second kappa shape index (κ2) is 5.50. The van der Waals surface area contributed by atoms with Crippen molar-refractivity contribution < 1.29 is 14.4 Å². The first-order valence-electron chi connectivity index (χ1n) is 7.61. The second-order valence-electron chi connectivity index (χ2n) is 5.87. The summed E-state index contributed by atoms with van der Waals surface area (Å²) in [6.07, 6.45) is 0.294. The predicted molar refractivity (Wildman–Crippen MR) is 86.8 cm³/mol. The Morgan fingerprint density at radius 2 is 1.83 bits per heavy atom. The van der Waals surface area contributed by atoms with Crippen LogP contribution in [0, 0.1) is 0 Å². The molecule has 3 amide bonds. The molecule has 23 heavy (non-hydrogen) atoms. The van der Waals surface area contributed by atoms with Crippen molar-refractivity contribution in [1.82, 2.24) is 10.2 Å². The summed E-state index contributed by atoms with van der Waals surface area (Å²) in [6, 6.07) is 12.9. The average molecular weight is 310 g/mol. The van der Waals surface area contributed by atoms with E-state index in [-0.39, 0.29) is 18.2 Å². The molecule has 0 saturated carbocycles. The van der Waals surface area contributed by atoms with Crippen molar-refractivity contribution in [2.45, 2.75) is 25.8 Å². The van der Waals surface area contributed by atoms with Gasteiger partial charge in [0.05, 0.1) is 6.54 Å². The largest absolute Gasteiger partial charge is 0.325 e. The van der Waals surface area contributed by atoms with E-state index in [0.29, 0.717) is 6.42 Å². The van der Waals surface area contributed by atoms with Gasteiger partial charge >= 0.3 is 6.03 Å². The quantitative estimate of drug-likeness (QED) is 0.883. The van der Waals surface area contributed by atoms with E-state index in [1.807, 2.05) is 42.5 Å². The van der Waals surface area contributed by atoms with Crippen LogP contribution in [0.15, 0.2) is 42.5 Å². The maximum absolute atomic E-state index is 12.8. The second-order valence-corrected chi connectivity index (χ2v) is 5.87. The summed E-state index contributed by atoms with van der Waals surface area (Å²) < 4.78 is 0. The number of rotatable bonds is 4. The van der Waals surface area contributed by atoms with Gasteiger partial charge in [0.2, 0.25) is 0 Å². The lowest BCUT2D eigenvalue weighted by Crippen LogP contribution is -2.41. The minimum absolute atomic E-state index is 0.143. The lowest BCUT2D eigenvalue weighted by Gasteiger charge is -2.24. The Morgan fingerprint density at radius 3 is 2.57 bits per heavy atom. The van der Waals surface area contributed by atoms with Crippen LogP contribution in [0.5, 0.6) is 0 Å². The summed E-state index contributed by atoms with van der Waals surface area (Å²) in [5.41, 5.74) is -0.424. The topological polar surface area (TPSA) is 66.5 Å². The monoisotopic (exact) mass is 310 g/mol. The fourth-order valence-electron chi connectivity index (χ4n) is 2.97. The first-order chi connectivity index (χ1) is 11.0. The molecule has 3 rings (SSSR count). The van der Waals surface area contributed by atoms with E-state index in [1.165, 1.54) is 0 Å². The molecule has 0 aromatic heterocycles. The molecule has 5 nitrogen and oxygen atoms in total. The maximum Gasteiger partial charge on any atom is 0.325 e. The number of nitrogens with one attached hydrogen (secondary N) is 1. The van der Waals surface area contributed by atoms with Gasteiger partial charge in [-0.05, 0) is 23.3 Å². The Kier molecular flexibility index (Phi) is 3.64. The van der Waals surface area contributed by atoms with E-state index in [9.17, 15) is 14.4 Å². The zero-order valence-corrected chi connectivity index (χ0v) is 13.1. The van der Waals surface area contributed by atoms with Crippen LogP contribution in [0.1, 0.15) is 25.8 Å². The molecule has 1 aliphatic rings. The molecule has 2 aromatic carbocycles. The SMILES string of the molecule is CCC(=O)CN1C(=O)NC(C)(c2cccc3ccccc23)C1=O. The van der Waals surface area contributed by atoms with Gasteiger partial charge in [-0.25, -0.2) is 4.79 Å². The summed E-state index contributed by atoms with van der Waals surface area (Å²) in [7, 11) is 0. The molecule has 2 aromatic rings. The van der Waals surface area contributed by atoms with Crippen molar-refractivity contribution in [3.63, 3.8) is 0 Å². The summed E-state index contributed by atoms with van der Waals surface area (Å²) in [5, 5.41) is 4.66. The molecule has 5 heteroatoms. The van der Waals surface area contributed by atoms with Crippen LogP contribution in [0.3, 0.4) is 0 Å².